The van der Waals surface area contributed by atoms with Crippen molar-refractivity contribution in [2.24, 2.45) is 0 Å². The summed E-state index contributed by atoms with van der Waals surface area (Å²) in [7, 11) is 4.62. The third-order valence-electron chi connectivity index (χ3n) is 3.74. The highest BCUT2D eigenvalue weighted by Gasteiger charge is 2.26. The fourth-order valence-corrected chi connectivity index (χ4v) is 4.42. The molecule has 1 heterocycles. The molecule has 0 aliphatic carbocycles. The number of esters is 1. The molecule has 1 aromatic heterocycles. The highest BCUT2D eigenvalue weighted by molar-refractivity contribution is 9.10. The van der Waals surface area contributed by atoms with Crippen molar-refractivity contribution < 1.29 is 14.3 Å². The van der Waals surface area contributed by atoms with E-state index in [1.807, 2.05) is 25.1 Å². The van der Waals surface area contributed by atoms with Crippen LogP contribution in [0.4, 0.5) is 10.7 Å². The Morgan fingerprint density at radius 2 is 1.89 bits per heavy atom. The van der Waals surface area contributed by atoms with Crippen LogP contribution in [0.2, 0.25) is 0 Å². The second-order valence-electron chi connectivity index (χ2n) is 6.01. The number of ether oxygens (including phenoxy) is 1. The van der Waals surface area contributed by atoms with E-state index >= 15 is 0 Å². The number of anilines is 2. The molecule has 2 aromatic rings. The summed E-state index contributed by atoms with van der Waals surface area (Å²) in [6.07, 6.45) is 0. The van der Waals surface area contributed by atoms with Crippen molar-refractivity contribution in [3.63, 3.8) is 0 Å². The molecule has 0 fully saturated rings. The lowest BCUT2D eigenvalue weighted by molar-refractivity contribution is 0.0601. The van der Waals surface area contributed by atoms with Gasteiger partial charge < -0.3 is 20.3 Å². The molecule has 6 nitrogen and oxygen atoms in total. The number of amides is 1. The summed E-state index contributed by atoms with van der Waals surface area (Å²) in [5.41, 5.74) is 2.77. The van der Waals surface area contributed by atoms with Crippen molar-refractivity contribution in [1.29, 1.82) is 0 Å². The molecule has 27 heavy (non-hydrogen) atoms. The Balaban J connectivity index is 2.33. The largest absolute Gasteiger partial charge is 0.465 e. The predicted octanol–water partition coefficient (Wildman–Crippen LogP) is 4.42. The lowest BCUT2D eigenvalue weighted by Gasteiger charge is -2.12. The summed E-state index contributed by atoms with van der Waals surface area (Å²) in [5, 5.41) is 6.86. The van der Waals surface area contributed by atoms with Crippen molar-refractivity contribution in [2.75, 3.05) is 31.8 Å². The number of nitrogens with zero attached hydrogens (tertiary/aromatic N) is 1. The maximum atomic E-state index is 12.4. The number of halogens is 1. The van der Waals surface area contributed by atoms with Gasteiger partial charge in [0, 0.05) is 18.6 Å². The molecular formula is C18H20BrN3O3S2. The molecule has 0 unspecified atom stereocenters. The third-order valence-corrected chi connectivity index (χ3v) is 5.79. The number of nitrogens with one attached hydrogen (secondary N) is 2. The fourth-order valence-electron chi connectivity index (χ4n) is 2.33. The summed E-state index contributed by atoms with van der Waals surface area (Å²) in [4.78, 5) is 26.6. The summed E-state index contributed by atoms with van der Waals surface area (Å²) in [6, 6.07) is 5.82. The van der Waals surface area contributed by atoms with Gasteiger partial charge in [0.05, 0.1) is 23.2 Å². The molecule has 9 heteroatoms. The van der Waals surface area contributed by atoms with Crippen molar-refractivity contribution in [2.45, 2.75) is 13.8 Å². The minimum absolute atomic E-state index is 0.184. The van der Waals surface area contributed by atoms with Gasteiger partial charge in [-0.3, -0.25) is 4.79 Å². The number of thiocarbonyl (C=S) groups is 1. The first-order valence-electron chi connectivity index (χ1n) is 7.93. The first kappa shape index (κ1) is 21.3. The highest BCUT2D eigenvalue weighted by atomic mass is 79.9. The standard InChI is InChI=1S/C18H20BrN3O3S2/c1-9-6-7-12(11(19)8-9)20-18(26)21-15-13(17(24)25-5)10(2)14(27-15)16(23)22(3)4/h6-8H,1-5H3,(H2,20,21,26). The van der Waals surface area contributed by atoms with Crippen LogP contribution in [0.3, 0.4) is 0 Å². The van der Waals surface area contributed by atoms with E-state index in [2.05, 4.69) is 26.6 Å². The van der Waals surface area contributed by atoms with Gasteiger partial charge in [-0.2, -0.15) is 0 Å². The predicted molar refractivity (Wildman–Crippen MR) is 117 cm³/mol. The van der Waals surface area contributed by atoms with Crippen LogP contribution < -0.4 is 10.6 Å². The van der Waals surface area contributed by atoms with E-state index < -0.39 is 5.97 Å². The van der Waals surface area contributed by atoms with E-state index in [1.165, 1.54) is 23.3 Å². The van der Waals surface area contributed by atoms with Crippen LogP contribution in [0.15, 0.2) is 22.7 Å². The van der Waals surface area contributed by atoms with Crippen LogP contribution in [0.1, 0.15) is 31.2 Å². The maximum Gasteiger partial charge on any atom is 0.341 e. The van der Waals surface area contributed by atoms with Gasteiger partial charge in [-0.15, -0.1) is 11.3 Å². The molecule has 2 N–H and O–H groups in total. The molecule has 0 bridgehead atoms. The normalized spacial score (nSPS) is 10.3. The highest BCUT2D eigenvalue weighted by Crippen LogP contribution is 2.34. The lowest BCUT2D eigenvalue weighted by Crippen LogP contribution is -2.21. The quantitative estimate of drug-likeness (QED) is 0.509. The molecule has 0 spiro atoms. The van der Waals surface area contributed by atoms with Crippen molar-refractivity contribution in [1.82, 2.24) is 4.90 Å². The monoisotopic (exact) mass is 469 g/mol. The van der Waals surface area contributed by atoms with E-state index in [-0.39, 0.29) is 5.91 Å². The number of carbonyl (C=O) groups excluding carboxylic acids is 2. The van der Waals surface area contributed by atoms with Crippen LogP contribution in [-0.2, 0) is 4.74 Å². The minimum Gasteiger partial charge on any atom is -0.465 e. The topological polar surface area (TPSA) is 70.7 Å². The SMILES string of the molecule is COC(=O)c1c(NC(=S)Nc2ccc(C)cc2Br)sc(C(=O)N(C)C)c1C. The maximum absolute atomic E-state index is 12.4. The second kappa shape index (κ2) is 8.81. The molecule has 0 saturated heterocycles. The zero-order chi connectivity index (χ0) is 20.3. The van der Waals surface area contributed by atoms with Crippen molar-refractivity contribution >= 4 is 67.2 Å². The number of hydrogen-bond donors (Lipinski definition) is 2. The molecule has 1 amide bonds. The zero-order valence-electron chi connectivity index (χ0n) is 15.6. The third kappa shape index (κ3) is 4.85. The van der Waals surface area contributed by atoms with Gasteiger partial charge in [0.25, 0.3) is 5.91 Å². The summed E-state index contributed by atoms with van der Waals surface area (Å²) in [5.74, 6) is -0.709. The van der Waals surface area contributed by atoms with Crippen LogP contribution in [0.5, 0.6) is 0 Å². The number of methoxy groups -OCH3 is 1. The Bertz CT molecular complexity index is 909. The van der Waals surface area contributed by atoms with Gasteiger partial charge in [0.15, 0.2) is 5.11 Å². The van der Waals surface area contributed by atoms with Crippen LogP contribution in [0, 0.1) is 13.8 Å². The van der Waals surface area contributed by atoms with Gasteiger partial charge in [-0.05, 0) is 65.3 Å². The number of aryl methyl sites for hydroxylation is 1. The average molecular weight is 470 g/mol. The van der Waals surface area contributed by atoms with Crippen LogP contribution in [0.25, 0.3) is 0 Å². The first-order chi connectivity index (χ1) is 12.6. The lowest BCUT2D eigenvalue weighted by atomic mass is 10.1. The van der Waals surface area contributed by atoms with Crippen molar-refractivity contribution in [3.05, 3.63) is 44.2 Å². The Kier molecular flexibility index (Phi) is 6.96. The van der Waals surface area contributed by atoms with Gasteiger partial charge >= 0.3 is 5.97 Å². The van der Waals surface area contributed by atoms with Gasteiger partial charge in [0.1, 0.15) is 5.00 Å². The Morgan fingerprint density at radius 3 is 2.44 bits per heavy atom. The number of benzene rings is 1. The first-order valence-corrected chi connectivity index (χ1v) is 9.95. The van der Waals surface area contributed by atoms with E-state index in [0.717, 1.165) is 15.7 Å². The zero-order valence-corrected chi connectivity index (χ0v) is 18.8. The average Bonchev–Trinajstić information content (AvgIpc) is 2.91. The Morgan fingerprint density at radius 1 is 1.22 bits per heavy atom. The fraction of sp³-hybridized carbons (Fsp3) is 0.278. The van der Waals surface area contributed by atoms with E-state index in [9.17, 15) is 9.59 Å². The summed E-state index contributed by atoms with van der Waals surface area (Å²) >= 11 is 10.0. The second-order valence-corrected chi connectivity index (χ2v) is 8.30. The van der Waals surface area contributed by atoms with Crippen molar-refractivity contribution in [3.8, 4) is 0 Å². The molecular weight excluding hydrogens is 450 g/mol. The molecule has 2 rings (SSSR count). The van der Waals surface area contributed by atoms with Gasteiger partial charge in [0.2, 0.25) is 0 Å². The van der Waals surface area contributed by atoms with E-state index in [0.29, 0.717) is 26.1 Å². The molecule has 0 radical (unpaired) electrons. The smallest absolute Gasteiger partial charge is 0.341 e. The number of rotatable bonds is 4. The molecule has 0 aliphatic rings. The van der Waals surface area contributed by atoms with E-state index in [1.54, 1.807) is 21.0 Å². The Hall–Kier alpha value is -1.97. The van der Waals surface area contributed by atoms with Gasteiger partial charge in [-0.1, -0.05) is 6.07 Å². The molecule has 0 saturated carbocycles. The molecule has 144 valence electrons. The Labute approximate surface area is 176 Å². The number of carbonyl (C=O) groups is 2. The minimum atomic E-state index is -0.525. The summed E-state index contributed by atoms with van der Waals surface area (Å²) < 4.78 is 5.74. The van der Waals surface area contributed by atoms with E-state index in [4.69, 9.17) is 17.0 Å². The molecule has 0 atom stereocenters. The van der Waals surface area contributed by atoms with Crippen LogP contribution >= 0.6 is 39.5 Å². The van der Waals surface area contributed by atoms with Crippen LogP contribution in [-0.4, -0.2) is 43.1 Å². The summed E-state index contributed by atoms with van der Waals surface area (Å²) in [6.45, 7) is 3.71. The number of thiophene rings is 1. The van der Waals surface area contributed by atoms with Gasteiger partial charge in [-0.25, -0.2) is 4.79 Å². The molecule has 1 aromatic carbocycles. The number of hydrogen-bond acceptors (Lipinski definition) is 5. The molecule has 0 aliphatic heterocycles.